The van der Waals surface area contributed by atoms with Crippen molar-refractivity contribution in [3.05, 3.63) is 11.6 Å². The van der Waals surface area contributed by atoms with E-state index in [9.17, 15) is 24.9 Å². The standard InChI is InChI=1S/C25H36O6/c1-20-8-9-21(2)22(3,10-11-24(29)13-17(27)4-6-23(21,24)15-26)25(20,30)7-5-18(20)16-12-19(28)31-14-16/h12,15,17-18,27,29-30H,4-11,13-14H2,1-3H3/t17-,18+,20+,21-,22+,23-,24-,25+/m0/s1. The molecule has 6 nitrogen and oxygen atoms in total. The van der Waals surface area contributed by atoms with Crippen molar-refractivity contribution in [2.24, 2.45) is 27.6 Å². The molecule has 172 valence electrons. The van der Waals surface area contributed by atoms with Gasteiger partial charge in [0.2, 0.25) is 0 Å². The molecule has 1 aliphatic heterocycles. The Morgan fingerprint density at radius 1 is 1.00 bits per heavy atom. The summed E-state index contributed by atoms with van der Waals surface area (Å²) in [5.41, 5.74) is -3.83. The molecular weight excluding hydrogens is 396 g/mol. The third-order valence-corrected chi connectivity index (χ3v) is 11.4. The Hall–Kier alpha value is -1.24. The van der Waals surface area contributed by atoms with Gasteiger partial charge in [-0.05, 0) is 68.3 Å². The number of esters is 1. The van der Waals surface area contributed by atoms with E-state index in [1.54, 1.807) is 6.08 Å². The number of carbonyl (C=O) groups is 2. The van der Waals surface area contributed by atoms with Gasteiger partial charge >= 0.3 is 5.97 Å². The summed E-state index contributed by atoms with van der Waals surface area (Å²) in [7, 11) is 0. The first-order valence-electron chi connectivity index (χ1n) is 11.9. The van der Waals surface area contributed by atoms with E-state index in [2.05, 4.69) is 20.8 Å². The SMILES string of the molecule is C[C@]12CC[C@]3(C)[C@@H](C4=CC(=O)OC4)CC[C@]3(O)[C@]1(C)CC[C@]1(O)C[C@@H](O)CC[C@@]12C=O. The van der Waals surface area contributed by atoms with Crippen molar-refractivity contribution in [1.82, 2.24) is 0 Å². The maximum absolute atomic E-state index is 12.8. The highest BCUT2D eigenvalue weighted by atomic mass is 16.5. The van der Waals surface area contributed by atoms with E-state index in [0.717, 1.165) is 31.1 Å². The highest BCUT2D eigenvalue weighted by Gasteiger charge is 2.80. The van der Waals surface area contributed by atoms with Crippen LogP contribution in [0.25, 0.3) is 0 Å². The number of aliphatic hydroxyl groups is 3. The van der Waals surface area contributed by atoms with Crippen LogP contribution in [-0.2, 0) is 14.3 Å². The van der Waals surface area contributed by atoms with E-state index in [0.29, 0.717) is 38.7 Å². The second-order valence-electron chi connectivity index (χ2n) is 11.9. The first-order valence-corrected chi connectivity index (χ1v) is 11.9. The highest BCUT2D eigenvalue weighted by Crippen LogP contribution is 2.79. The largest absolute Gasteiger partial charge is 0.458 e. The summed E-state index contributed by atoms with van der Waals surface area (Å²) in [6.45, 7) is 6.69. The van der Waals surface area contributed by atoms with Crippen LogP contribution < -0.4 is 0 Å². The lowest BCUT2D eigenvalue weighted by molar-refractivity contribution is -0.321. The van der Waals surface area contributed by atoms with Crippen molar-refractivity contribution >= 4 is 12.3 Å². The van der Waals surface area contributed by atoms with Gasteiger partial charge < -0.3 is 24.9 Å². The third-order valence-electron chi connectivity index (χ3n) is 11.4. The molecular formula is C25H36O6. The van der Waals surface area contributed by atoms with Crippen LogP contribution in [0.2, 0.25) is 0 Å². The maximum Gasteiger partial charge on any atom is 0.331 e. The van der Waals surface area contributed by atoms with Gasteiger partial charge in [-0.1, -0.05) is 20.8 Å². The number of hydrogen-bond acceptors (Lipinski definition) is 6. The molecule has 4 fully saturated rings. The zero-order valence-electron chi connectivity index (χ0n) is 18.9. The lowest BCUT2D eigenvalue weighted by Crippen LogP contribution is -2.77. The molecule has 3 N–H and O–H groups in total. The number of rotatable bonds is 2. The Labute approximate surface area is 184 Å². The molecule has 31 heavy (non-hydrogen) atoms. The van der Waals surface area contributed by atoms with Crippen LogP contribution in [0.15, 0.2) is 11.6 Å². The fraction of sp³-hybridized carbons (Fsp3) is 0.840. The lowest BCUT2D eigenvalue weighted by atomic mass is 9.31. The Morgan fingerprint density at radius 2 is 1.71 bits per heavy atom. The minimum atomic E-state index is -1.24. The van der Waals surface area contributed by atoms with E-state index in [4.69, 9.17) is 4.74 Å². The zero-order valence-corrected chi connectivity index (χ0v) is 18.9. The number of hydrogen-bond donors (Lipinski definition) is 3. The molecule has 0 aromatic heterocycles. The molecule has 0 spiro atoms. The van der Waals surface area contributed by atoms with Gasteiger partial charge in [-0.3, -0.25) is 0 Å². The number of cyclic esters (lactones) is 1. The molecule has 0 bridgehead atoms. The molecule has 8 atom stereocenters. The predicted molar refractivity (Wildman–Crippen MR) is 113 cm³/mol. The van der Waals surface area contributed by atoms with Crippen LogP contribution in [0.3, 0.4) is 0 Å². The normalized spacial score (nSPS) is 56.2. The number of ether oxygens (including phenoxy) is 1. The van der Waals surface area contributed by atoms with Gasteiger partial charge in [-0.15, -0.1) is 0 Å². The summed E-state index contributed by atoms with van der Waals surface area (Å²) < 4.78 is 5.20. The molecule has 1 heterocycles. The molecule has 0 saturated heterocycles. The Morgan fingerprint density at radius 3 is 2.35 bits per heavy atom. The van der Waals surface area contributed by atoms with Crippen LogP contribution in [-0.4, -0.2) is 51.5 Å². The summed E-state index contributed by atoms with van der Waals surface area (Å²) in [5.74, 6) is -0.226. The molecule has 0 aromatic rings. The molecule has 0 unspecified atom stereocenters. The molecule has 5 aliphatic rings. The van der Waals surface area contributed by atoms with E-state index in [1.165, 1.54) is 0 Å². The fourth-order valence-electron chi connectivity index (χ4n) is 9.33. The van der Waals surface area contributed by atoms with Gasteiger partial charge in [-0.25, -0.2) is 4.79 Å². The van der Waals surface area contributed by atoms with Gasteiger partial charge in [0.1, 0.15) is 12.9 Å². The summed E-state index contributed by atoms with van der Waals surface area (Å²) >= 11 is 0. The number of aldehydes is 1. The first kappa shape index (κ1) is 21.6. The Bertz CT molecular complexity index is 868. The molecule has 0 amide bonds. The molecule has 6 heteroatoms. The summed E-state index contributed by atoms with van der Waals surface area (Å²) in [6, 6.07) is 0. The second kappa shape index (κ2) is 6.21. The fourth-order valence-corrected chi connectivity index (χ4v) is 9.33. The molecule has 4 aliphatic carbocycles. The second-order valence-corrected chi connectivity index (χ2v) is 11.9. The quantitative estimate of drug-likeness (QED) is 0.458. The highest BCUT2D eigenvalue weighted by molar-refractivity contribution is 5.85. The van der Waals surface area contributed by atoms with Crippen molar-refractivity contribution in [3.8, 4) is 0 Å². The zero-order chi connectivity index (χ0) is 22.5. The summed E-state index contributed by atoms with van der Waals surface area (Å²) in [4.78, 5) is 24.6. The average Bonchev–Trinajstić information content (AvgIpc) is 3.25. The molecule has 0 aromatic carbocycles. The smallest absolute Gasteiger partial charge is 0.331 e. The lowest BCUT2D eigenvalue weighted by Gasteiger charge is -2.74. The van der Waals surface area contributed by atoms with Gasteiger partial charge in [0.05, 0.1) is 22.7 Å². The minimum absolute atomic E-state index is 0.0755. The van der Waals surface area contributed by atoms with Gasteiger partial charge in [0.15, 0.2) is 0 Å². The van der Waals surface area contributed by atoms with Crippen LogP contribution in [0.5, 0.6) is 0 Å². The van der Waals surface area contributed by atoms with Crippen LogP contribution in [0.4, 0.5) is 0 Å². The van der Waals surface area contributed by atoms with E-state index < -0.39 is 39.0 Å². The van der Waals surface area contributed by atoms with E-state index in [-0.39, 0.29) is 18.3 Å². The number of fused-ring (bicyclic) bond motifs is 5. The minimum Gasteiger partial charge on any atom is -0.458 e. The summed E-state index contributed by atoms with van der Waals surface area (Å²) in [5, 5.41) is 34.6. The van der Waals surface area contributed by atoms with Crippen molar-refractivity contribution < 1.29 is 29.6 Å². The van der Waals surface area contributed by atoms with Crippen molar-refractivity contribution in [3.63, 3.8) is 0 Å². The van der Waals surface area contributed by atoms with Crippen molar-refractivity contribution in [1.29, 1.82) is 0 Å². The van der Waals surface area contributed by atoms with Gasteiger partial charge in [0.25, 0.3) is 0 Å². The van der Waals surface area contributed by atoms with Crippen LogP contribution >= 0.6 is 0 Å². The number of carbonyl (C=O) groups excluding carboxylic acids is 2. The maximum atomic E-state index is 12.8. The monoisotopic (exact) mass is 432 g/mol. The van der Waals surface area contributed by atoms with Crippen LogP contribution in [0, 0.1) is 27.6 Å². The van der Waals surface area contributed by atoms with Crippen molar-refractivity contribution in [2.45, 2.75) is 95.9 Å². The van der Waals surface area contributed by atoms with Gasteiger partial charge in [-0.2, -0.15) is 0 Å². The topological polar surface area (TPSA) is 104 Å². The third kappa shape index (κ3) is 2.20. The predicted octanol–water partition coefficient (Wildman–Crippen LogP) is 2.68. The summed E-state index contributed by atoms with van der Waals surface area (Å²) in [6.07, 6.45) is 7.01. The van der Waals surface area contributed by atoms with Gasteiger partial charge in [0, 0.05) is 23.3 Å². The first-order chi connectivity index (χ1) is 14.4. The Kier molecular flexibility index (Phi) is 4.32. The van der Waals surface area contributed by atoms with Crippen molar-refractivity contribution in [2.75, 3.05) is 6.61 Å². The molecule has 5 rings (SSSR count). The van der Waals surface area contributed by atoms with E-state index in [1.807, 2.05) is 0 Å². The Balaban J connectivity index is 1.62. The molecule has 4 saturated carbocycles. The number of aliphatic hydroxyl groups excluding tert-OH is 1. The average molecular weight is 433 g/mol. The van der Waals surface area contributed by atoms with E-state index >= 15 is 0 Å². The van der Waals surface area contributed by atoms with Crippen LogP contribution in [0.1, 0.15) is 78.6 Å². The molecule has 0 radical (unpaired) electrons.